The van der Waals surface area contributed by atoms with Gasteiger partial charge in [0.05, 0.1) is 6.04 Å². The van der Waals surface area contributed by atoms with Crippen molar-refractivity contribution in [2.45, 2.75) is 32.0 Å². The molecule has 1 amide bonds. The number of hydrogen-bond donors (Lipinski definition) is 1. The van der Waals surface area contributed by atoms with E-state index in [-0.39, 0.29) is 24.2 Å². The van der Waals surface area contributed by atoms with Gasteiger partial charge in [-0.05, 0) is 41.0 Å². The molecule has 0 radical (unpaired) electrons. The highest BCUT2D eigenvalue weighted by atomic mass is 35.5. The fraction of sp³-hybridized carbons (Fsp3) is 0.381. The number of hydrogen-bond acceptors (Lipinski definition) is 3. The monoisotopic (exact) mass is 372 g/mol. The minimum atomic E-state index is -0.443. The predicted molar refractivity (Wildman–Crippen MR) is 105 cm³/mol. The van der Waals surface area contributed by atoms with Crippen molar-refractivity contribution in [1.29, 1.82) is 0 Å². The van der Waals surface area contributed by atoms with Crippen LogP contribution in [0.5, 0.6) is 0 Å². The number of rotatable bonds is 2. The minimum absolute atomic E-state index is 0. The predicted octanol–water partition coefficient (Wildman–Crippen LogP) is 3.37. The van der Waals surface area contributed by atoms with Crippen molar-refractivity contribution >= 4 is 18.3 Å². The molecule has 2 aliphatic heterocycles. The normalized spacial score (nSPS) is 18.1. The fourth-order valence-corrected chi connectivity index (χ4v) is 3.95. The zero-order chi connectivity index (χ0) is 17.2. The molecule has 2 N–H and O–H groups in total. The molecule has 5 heteroatoms. The highest BCUT2D eigenvalue weighted by Crippen LogP contribution is 2.33. The lowest BCUT2D eigenvalue weighted by Gasteiger charge is -2.31. The molecule has 0 bridgehead atoms. The van der Waals surface area contributed by atoms with Gasteiger partial charge in [0.2, 0.25) is 5.91 Å². The average Bonchev–Trinajstić information content (AvgIpc) is 2.84. The Bertz CT molecular complexity index is 727. The van der Waals surface area contributed by atoms with Crippen LogP contribution in [0.4, 0.5) is 0 Å². The van der Waals surface area contributed by atoms with Gasteiger partial charge in [-0.1, -0.05) is 48.5 Å². The van der Waals surface area contributed by atoms with E-state index in [4.69, 9.17) is 10.5 Å². The molecule has 0 spiro atoms. The molecule has 2 heterocycles. The zero-order valence-corrected chi connectivity index (χ0v) is 15.6. The third kappa shape index (κ3) is 3.63. The number of carbonyl (C=O) groups is 1. The standard InChI is InChI=1S/C21H24N2O2.ClH/c22-20(15-9-11-25-12-10-15)21(24)23-13-16-5-1-3-7-18(16)19-8-4-2-6-17(19)14-23;/h1-8,15,20H,9-14,22H2;1H. The summed E-state index contributed by atoms with van der Waals surface area (Å²) < 4.78 is 5.41. The van der Waals surface area contributed by atoms with E-state index in [2.05, 4.69) is 36.4 Å². The molecule has 2 aromatic carbocycles. The van der Waals surface area contributed by atoms with Crippen LogP contribution >= 0.6 is 12.4 Å². The first-order valence-corrected chi connectivity index (χ1v) is 9.02. The van der Waals surface area contributed by atoms with Crippen LogP contribution in [0.1, 0.15) is 24.0 Å². The van der Waals surface area contributed by atoms with Crippen LogP contribution in [-0.4, -0.2) is 30.1 Å². The number of ether oxygens (including phenoxy) is 1. The van der Waals surface area contributed by atoms with E-state index < -0.39 is 6.04 Å². The average molecular weight is 373 g/mol. The van der Waals surface area contributed by atoms with Crippen LogP contribution < -0.4 is 5.73 Å². The summed E-state index contributed by atoms with van der Waals surface area (Å²) in [6, 6.07) is 16.2. The molecule has 2 aromatic rings. The molecule has 0 saturated carbocycles. The summed E-state index contributed by atoms with van der Waals surface area (Å²) in [4.78, 5) is 15.1. The second-order valence-corrected chi connectivity index (χ2v) is 6.98. The summed E-state index contributed by atoms with van der Waals surface area (Å²) >= 11 is 0. The molecule has 2 aliphatic rings. The quantitative estimate of drug-likeness (QED) is 0.879. The molecular formula is C21H25ClN2O2. The summed E-state index contributed by atoms with van der Waals surface area (Å²) in [5.74, 6) is 0.272. The van der Waals surface area contributed by atoms with Crippen LogP contribution in [0.2, 0.25) is 0 Å². The van der Waals surface area contributed by atoms with E-state index in [1.807, 2.05) is 17.0 Å². The SMILES string of the molecule is Cl.NC(C(=O)N1Cc2ccccc2-c2ccccc2C1)C1CCOCC1. The lowest BCUT2D eigenvalue weighted by molar-refractivity contribution is -0.136. The van der Waals surface area contributed by atoms with Crippen molar-refractivity contribution < 1.29 is 9.53 Å². The first-order valence-electron chi connectivity index (χ1n) is 9.02. The van der Waals surface area contributed by atoms with E-state index in [1.165, 1.54) is 22.3 Å². The van der Waals surface area contributed by atoms with Gasteiger partial charge in [0.25, 0.3) is 0 Å². The van der Waals surface area contributed by atoms with Crippen molar-refractivity contribution in [3.05, 3.63) is 59.7 Å². The summed E-state index contributed by atoms with van der Waals surface area (Å²) in [5, 5.41) is 0. The molecule has 4 rings (SSSR count). The Labute approximate surface area is 160 Å². The van der Waals surface area contributed by atoms with Gasteiger partial charge in [-0.3, -0.25) is 4.79 Å². The maximum absolute atomic E-state index is 13.1. The molecular weight excluding hydrogens is 348 g/mol. The Morgan fingerprint density at radius 1 is 0.962 bits per heavy atom. The van der Waals surface area contributed by atoms with Crippen molar-refractivity contribution in [3.63, 3.8) is 0 Å². The lowest BCUT2D eigenvalue weighted by Crippen LogP contribution is -2.48. The molecule has 26 heavy (non-hydrogen) atoms. The summed E-state index contributed by atoms with van der Waals surface area (Å²) in [6.45, 7) is 2.63. The van der Waals surface area contributed by atoms with Crippen LogP contribution in [0, 0.1) is 5.92 Å². The van der Waals surface area contributed by atoms with Gasteiger partial charge in [0, 0.05) is 26.3 Å². The molecule has 1 atom stereocenters. The molecule has 138 valence electrons. The van der Waals surface area contributed by atoms with Crippen LogP contribution in [0.3, 0.4) is 0 Å². The van der Waals surface area contributed by atoms with Crippen LogP contribution in [0.15, 0.2) is 48.5 Å². The van der Waals surface area contributed by atoms with Crippen molar-refractivity contribution in [3.8, 4) is 11.1 Å². The maximum Gasteiger partial charge on any atom is 0.240 e. The van der Waals surface area contributed by atoms with Crippen molar-refractivity contribution in [2.75, 3.05) is 13.2 Å². The number of nitrogens with two attached hydrogens (primary N) is 1. The minimum Gasteiger partial charge on any atom is -0.381 e. The van der Waals surface area contributed by atoms with Gasteiger partial charge in [0.15, 0.2) is 0 Å². The Kier molecular flexibility index (Phi) is 5.97. The smallest absolute Gasteiger partial charge is 0.240 e. The summed E-state index contributed by atoms with van der Waals surface area (Å²) in [6.07, 6.45) is 1.74. The van der Waals surface area contributed by atoms with Crippen LogP contribution in [0.25, 0.3) is 11.1 Å². The number of nitrogens with zero attached hydrogens (tertiary/aromatic N) is 1. The third-order valence-corrected chi connectivity index (χ3v) is 5.42. The second-order valence-electron chi connectivity index (χ2n) is 6.98. The Balaban J connectivity index is 0.00000196. The van der Waals surface area contributed by atoms with Crippen molar-refractivity contribution in [1.82, 2.24) is 4.90 Å². The van der Waals surface area contributed by atoms with Gasteiger partial charge >= 0.3 is 0 Å². The first kappa shape index (κ1) is 18.9. The number of fused-ring (bicyclic) bond motifs is 3. The second kappa shape index (κ2) is 8.21. The number of amides is 1. The fourth-order valence-electron chi connectivity index (χ4n) is 3.95. The number of halogens is 1. The van der Waals surface area contributed by atoms with E-state index in [0.29, 0.717) is 26.3 Å². The Morgan fingerprint density at radius 2 is 1.46 bits per heavy atom. The topological polar surface area (TPSA) is 55.6 Å². The molecule has 4 nitrogen and oxygen atoms in total. The highest BCUT2D eigenvalue weighted by molar-refractivity contribution is 5.85. The molecule has 0 aromatic heterocycles. The zero-order valence-electron chi connectivity index (χ0n) is 14.8. The molecule has 1 unspecified atom stereocenters. The van der Waals surface area contributed by atoms with E-state index in [0.717, 1.165) is 12.8 Å². The Morgan fingerprint density at radius 3 is 2.00 bits per heavy atom. The number of carbonyl (C=O) groups excluding carboxylic acids is 1. The summed E-state index contributed by atoms with van der Waals surface area (Å²) in [5.41, 5.74) is 11.2. The van der Waals surface area contributed by atoms with Gasteiger partial charge < -0.3 is 15.4 Å². The summed E-state index contributed by atoms with van der Waals surface area (Å²) in [7, 11) is 0. The van der Waals surface area contributed by atoms with Gasteiger partial charge in [0.1, 0.15) is 0 Å². The first-order chi connectivity index (χ1) is 12.2. The lowest BCUT2D eigenvalue weighted by atomic mass is 9.91. The van der Waals surface area contributed by atoms with E-state index >= 15 is 0 Å². The van der Waals surface area contributed by atoms with Gasteiger partial charge in [-0.15, -0.1) is 12.4 Å². The van der Waals surface area contributed by atoms with Crippen molar-refractivity contribution in [2.24, 2.45) is 11.7 Å². The maximum atomic E-state index is 13.1. The molecule has 1 saturated heterocycles. The van der Waals surface area contributed by atoms with Gasteiger partial charge in [-0.25, -0.2) is 0 Å². The van der Waals surface area contributed by atoms with Crippen LogP contribution in [-0.2, 0) is 22.6 Å². The third-order valence-electron chi connectivity index (χ3n) is 5.42. The van der Waals surface area contributed by atoms with E-state index in [9.17, 15) is 4.79 Å². The number of benzene rings is 2. The largest absolute Gasteiger partial charge is 0.381 e. The molecule has 0 aliphatic carbocycles. The molecule has 1 fully saturated rings. The van der Waals surface area contributed by atoms with E-state index in [1.54, 1.807) is 0 Å². The van der Waals surface area contributed by atoms with Gasteiger partial charge in [-0.2, -0.15) is 0 Å². The Hall–Kier alpha value is -1.88. The highest BCUT2D eigenvalue weighted by Gasteiger charge is 2.31.